The van der Waals surface area contributed by atoms with Crippen LogP contribution in [-0.2, 0) is 32.2 Å². The van der Waals surface area contributed by atoms with Crippen molar-refractivity contribution in [3.63, 3.8) is 0 Å². The van der Waals surface area contributed by atoms with Gasteiger partial charge in [-0.25, -0.2) is 13.6 Å². The number of imide groups is 1. The molecule has 0 aromatic heterocycles. The molecule has 1 heterocycles. The van der Waals surface area contributed by atoms with Crippen LogP contribution in [0, 0.1) is 10.1 Å². The smallest absolute Gasteiger partial charge is 0.337 e. The summed E-state index contributed by atoms with van der Waals surface area (Å²) < 4.78 is 32.4. The summed E-state index contributed by atoms with van der Waals surface area (Å²) >= 11 is 0. The Balaban J connectivity index is 1.71. The molecule has 2 aromatic carbocycles. The van der Waals surface area contributed by atoms with E-state index in [4.69, 9.17) is 9.57 Å². The minimum absolute atomic E-state index is 0.0622. The maximum absolute atomic E-state index is 13.5. The molecule has 0 radical (unpaired) electrons. The van der Waals surface area contributed by atoms with E-state index in [2.05, 4.69) is 0 Å². The molecule has 162 valence electrons. The van der Waals surface area contributed by atoms with Gasteiger partial charge in [-0.3, -0.25) is 19.7 Å². The monoisotopic (exact) mass is 434 g/mol. The molecule has 31 heavy (non-hydrogen) atoms. The number of carbonyl (C=O) groups excluding carboxylic acids is 3. The average molecular weight is 434 g/mol. The van der Waals surface area contributed by atoms with E-state index in [1.165, 1.54) is 30.3 Å². The summed E-state index contributed by atoms with van der Waals surface area (Å²) in [6, 6.07) is 9.35. The molecule has 0 spiro atoms. The molecule has 3 rings (SSSR count). The number of ether oxygens (including phenoxy) is 1. The van der Waals surface area contributed by atoms with Crippen LogP contribution in [0.25, 0.3) is 0 Å². The van der Waals surface area contributed by atoms with Crippen LogP contribution in [0.2, 0.25) is 0 Å². The molecule has 2 aromatic rings. The minimum atomic E-state index is -2.95. The van der Waals surface area contributed by atoms with Crippen molar-refractivity contribution in [1.82, 2.24) is 5.06 Å². The molecular formula is C20H16F2N2O7. The van der Waals surface area contributed by atoms with Crippen LogP contribution in [0.3, 0.4) is 0 Å². The summed E-state index contributed by atoms with van der Waals surface area (Å²) in [6.45, 7) is -0.308. The first-order valence-corrected chi connectivity index (χ1v) is 9.09. The zero-order valence-corrected chi connectivity index (χ0v) is 16.0. The average Bonchev–Trinajstić information content (AvgIpc) is 3.04. The Bertz CT molecular complexity index is 1030. The first-order chi connectivity index (χ1) is 14.8. The highest BCUT2D eigenvalue weighted by Crippen LogP contribution is 2.31. The number of benzene rings is 2. The summed E-state index contributed by atoms with van der Waals surface area (Å²) in [5.41, 5.74) is -0.360. The summed E-state index contributed by atoms with van der Waals surface area (Å²) in [6.07, 6.45) is -3.53. The Labute approximate surface area is 174 Å². The van der Waals surface area contributed by atoms with Gasteiger partial charge in [-0.15, -0.1) is 5.06 Å². The molecular weight excluding hydrogens is 418 g/mol. The fourth-order valence-corrected chi connectivity index (χ4v) is 2.93. The van der Waals surface area contributed by atoms with E-state index < -0.39 is 41.1 Å². The zero-order chi connectivity index (χ0) is 22.5. The van der Waals surface area contributed by atoms with Crippen molar-refractivity contribution < 1.29 is 37.7 Å². The molecule has 0 N–H and O–H groups in total. The molecule has 0 unspecified atom stereocenters. The van der Waals surface area contributed by atoms with E-state index in [1.807, 2.05) is 0 Å². The number of alkyl halides is 2. The zero-order valence-electron chi connectivity index (χ0n) is 16.0. The van der Waals surface area contributed by atoms with Gasteiger partial charge in [0.05, 0.1) is 22.5 Å². The number of nitro benzene ring substituents is 1. The first kappa shape index (κ1) is 21.8. The molecule has 1 aliphatic rings. The Morgan fingerprint density at radius 3 is 2.45 bits per heavy atom. The Morgan fingerprint density at radius 2 is 1.81 bits per heavy atom. The highest BCUT2D eigenvalue weighted by Gasteiger charge is 2.32. The van der Waals surface area contributed by atoms with Gasteiger partial charge in [-0.05, 0) is 23.8 Å². The Kier molecular flexibility index (Phi) is 6.53. The molecule has 0 aliphatic carbocycles. The van der Waals surface area contributed by atoms with Crippen LogP contribution in [-0.4, -0.2) is 27.8 Å². The van der Waals surface area contributed by atoms with Crippen LogP contribution in [0.15, 0.2) is 42.5 Å². The van der Waals surface area contributed by atoms with Crippen molar-refractivity contribution >= 4 is 23.5 Å². The fourth-order valence-electron chi connectivity index (χ4n) is 2.93. The number of hydrogen-bond acceptors (Lipinski definition) is 7. The second-order valence-corrected chi connectivity index (χ2v) is 6.57. The number of rotatable bonds is 8. The van der Waals surface area contributed by atoms with Gasteiger partial charge in [0.15, 0.2) is 0 Å². The molecule has 0 saturated carbocycles. The van der Waals surface area contributed by atoms with Crippen molar-refractivity contribution in [1.29, 1.82) is 0 Å². The molecule has 11 heteroatoms. The van der Waals surface area contributed by atoms with Crippen molar-refractivity contribution in [2.75, 3.05) is 0 Å². The Hall–Kier alpha value is -3.89. The third-order valence-corrected chi connectivity index (χ3v) is 4.43. The van der Waals surface area contributed by atoms with E-state index >= 15 is 0 Å². The summed E-state index contributed by atoms with van der Waals surface area (Å²) in [7, 11) is 0. The van der Waals surface area contributed by atoms with E-state index in [9.17, 15) is 33.3 Å². The van der Waals surface area contributed by atoms with Gasteiger partial charge in [0, 0.05) is 18.9 Å². The molecule has 1 fully saturated rings. The van der Waals surface area contributed by atoms with Gasteiger partial charge in [0.25, 0.3) is 23.9 Å². The predicted molar refractivity (Wildman–Crippen MR) is 99.7 cm³/mol. The van der Waals surface area contributed by atoms with E-state index in [0.717, 1.165) is 6.07 Å². The molecule has 1 saturated heterocycles. The van der Waals surface area contributed by atoms with Gasteiger partial charge in [-0.1, -0.05) is 18.2 Å². The molecule has 1 aliphatic heterocycles. The minimum Gasteiger partial charge on any atom is -0.488 e. The van der Waals surface area contributed by atoms with Gasteiger partial charge in [0.1, 0.15) is 12.4 Å². The molecule has 2 amide bonds. The molecule has 0 bridgehead atoms. The SMILES string of the molecule is O=C(Cc1ccc(OCc2ccccc2[N+](=O)[O-])c(C(F)F)c1)ON1C(=O)CCC1=O. The number of hydrogen-bond donors (Lipinski definition) is 0. The maximum Gasteiger partial charge on any atom is 0.337 e. The van der Waals surface area contributed by atoms with Crippen molar-refractivity contribution in [2.24, 2.45) is 0 Å². The molecule has 0 atom stereocenters. The van der Waals surface area contributed by atoms with Gasteiger partial charge in [-0.2, -0.15) is 0 Å². The second-order valence-electron chi connectivity index (χ2n) is 6.57. The highest BCUT2D eigenvalue weighted by atomic mass is 19.3. The quantitative estimate of drug-likeness (QED) is 0.356. The number of carbonyl (C=O) groups is 3. The lowest BCUT2D eigenvalue weighted by molar-refractivity contribution is -0.385. The van der Waals surface area contributed by atoms with Crippen molar-refractivity contribution in [3.05, 3.63) is 69.3 Å². The summed E-state index contributed by atoms with van der Waals surface area (Å²) in [4.78, 5) is 50.1. The van der Waals surface area contributed by atoms with Crippen LogP contribution in [0.1, 0.15) is 36.0 Å². The number of amides is 2. The first-order valence-electron chi connectivity index (χ1n) is 9.09. The molecule has 9 nitrogen and oxygen atoms in total. The third kappa shape index (κ3) is 5.18. The number of nitrogens with zero attached hydrogens (tertiary/aromatic N) is 2. The van der Waals surface area contributed by atoms with Crippen LogP contribution in [0.5, 0.6) is 5.75 Å². The van der Waals surface area contributed by atoms with Crippen LogP contribution >= 0.6 is 0 Å². The van der Waals surface area contributed by atoms with Crippen molar-refractivity contribution in [3.8, 4) is 5.75 Å². The largest absolute Gasteiger partial charge is 0.488 e. The number of hydroxylamine groups is 2. The van der Waals surface area contributed by atoms with E-state index in [1.54, 1.807) is 6.07 Å². The van der Waals surface area contributed by atoms with Gasteiger partial charge < -0.3 is 9.57 Å². The topological polar surface area (TPSA) is 116 Å². The lowest BCUT2D eigenvalue weighted by Crippen LogP contribution is -2.32. The normalized spacial score (nSPS) is 13.6. The lowest BCUT2D eigenvalue weighted by atomic mass is 10.1. The van der Waals surface area contributed by atoms with Gasteiger partial charge in [0.2, 0.25) is 0 Å². The number of para-hydroxylation sites is 1. The fraction of sp³-hybridized carbons (Fsp3) is 0.250. The lowest BCUT2D eigenvalue weighted by Gasteiger charge is -2.14. The summed E-state index contributed by atoms with van der Waals surface area (Å²) in [5.74, 6) is -2.46. The van der Waals surface area contributed by atoms with Crippen LogP contribution < -0.4 is 4.74 Å². The van der Waals surface area contributed by atoms with E-state index in [0.29, 0.717) is 5.06 Å². The van der Waals surface area contributed by atoms with Crippen LogP contribution in [0.4, 0.5) is 14.5 Å². The standard InChI is InChI=1S/C20H16F2N2O7/c21-20(22)14-9-12(10-19(27)31-23-17(25)7-8-18(23)26)5-6-16(14)30-11-13-3-1-2-4-15(13)24(28)29/h1-6,9,20H,7-8,10-11H2. The highest BCUT2D eigenvalue weighted by molar-refractivity contribution is 6.01. The number of nitro groups is 1. The number of halogens is 2. The second kappa shape index (κ2) is 9.28. The van der Waals surface area contributed by atoms with Gasteiger partial charge >= 0.3 is 5.97 Å². The van der Waals surface area contributed by atoms with Crippen molar-refractivity contribution in [2.45, 2.75) is 32.3 Å². The summed E-state index contributed by atoms with van der Waals surface area (Å²) in [5, 5.41) is 11.4. The third-order valence-electron chi connectivity index (χ3n) is 4.43. The predicted octanol–water partition coefficient (Wildman–Crippen LogP) is 3.26. The van der Waals surface area contributed by atoms with E-state index in [-0.39, 0.29) is 42.0 Å². The Morgan fingerprint density at radius 1 is 1.13 bits per heavy atom. The maximum atomic E-state index is 13.5.